The highest BCUT2D eigenvalue weighted by Gasteiger charge is 2.22. The molecule has 3 rings (SSSR count). The number of nitrogens with one attached hydrogen (secondary N) is 1. The highest BCUT2D eigenvalue weighted by atomic mass is 32.1. The van der Waals surface area contributed by atoms with Gasteiger partial charge in [-0.3, -0.25) is 4.98 Å². The van der Waals surface area contributed by atoms with Crippen molar-refractivity contribution < 1.29 is 9.90 Å². The Morgan fingerprint density at radius 1 is 1.48 bits per heavy atom. The lowest BCUT2D eigenvalue weighted by atomic mass is 10.2. The Morgan fingerprint density at radius 3 is 3.04 bits per heavy atom. The monoisotopic (exact) mass is 358 g/mol. The summed E-state index contributed by atoms with van der Waals surface area (Å²) in [5.74, 6) is -0.215. The van der Waals surface area contributed by atoms with Gasteiger partial charge in [-0.15, -0.1) is 11.3 Å². The van der Waals surface area contributed by atoms with Crippen molar-refractivity contribution in [2.24, 2.45) is 0 Å². The summed E-state index contributed by atoms with van der Waals surface area (Å²) in [5, 5.41) is 14.4. The zero-order valence-corrected chi connectivity index (χ0v) is 15.0. The third-order valence-electron chi connectivity index (χ3n) is 4.25. The lowest BCUT2D eigenvalue weighted by molar-refractivity contribution is -0.132. The fraction of sp³-hybridized carbons (Fsp3) is 0.389. The third kappa shape index (κ3) is 5.11. The van der Waals surface area contributed by atoms with Crippen LogP contribution in [-0.4, -0.2) is 51.6 Å². The van der Waals surface area contributed by atoms with Crippen LogP contribution in [0.15, 0.2) is 35.5 Å². The molecule has 0 aromatic carbocycles. The Hall–Kier alpha value is -2.25. The second-order valence-electron chi connectivity index (χ2n) is 6.22. The molecule has 2 aromatic heterocycles. The summed E-state index contributed by atoms with van der Waals surface area (Å²) in [6.07, 6.45) is 6.97. The standard InChI is InChI=1S/C18H22N4O2S/c1-13(18(23)24)9-15-10-20-17(11-19-15)21-14-4-6-22(12-14)7-5-16-3-2-8-25-16/h2-3,8-11,14H,4-7,12H2,1H3,(H,20,21)(H,23,24)/b13-9+/t14-/m1/s1. The van der Waals surface area contributed by atoms with Gasteiger partial charge in [-0.25, -0.2) is 9.78 Å². The first-order valence-electron chi connectivity index (χ1n) is 8.35. The number of anilines is 1. The maximum absolute atomic E-state index is 10.8. The number of aliphatic carboxylic acids is 1. The molecule has 7 heteroatoms. The fourth-order valence-electron chi connectivity index (χ4n) is 2.86. The molecule has 6 nitrogen and oxygen atoms in total. The van der Waals surface area contributed by atoms with Crippen LogP contribution in [0.1, 0.15) is 23.9 Å². The minimum Gasteiger partial charge on any atom is -0.478 e. The Kier molecular flexibility index (Phi) is 5.78. The summed E-state index contributed by atoms with van der Waals surface area (Å²) >= 11 is 1.81. The maximum Gasteiger partial charge on any atom is 0.331 e. The molecular weight excluding hydrogens is 336 g/mol. The van der Waals surface area contributed by atoms with E-state index in [0.29, 0.717) is 11.7 Å². The van der Waals surface area contributed by atoms with E-state index in [4.69, 9.17) is 5.11 Å². The molecule has 0 bridgehead atoms. The second-order valence-corrected chi connectivity index (χ2v) is 7.25. The first-order chi connectivity index (χ1) is 12.1. The minimum absolute atomic E-state index is 0.243. The van der Waals surface area contributed by atoms with Crippen LogP contribution in [0.2, 0.25) is 0 Å². The fourth-order valence-corrected chi connectivity index (χ4v) is 3.55. The maximum atomic E-state index is 10.8. The van der Waals surface area contributed by atoms with E-state index in [0.717, 1.165) is 38.3 Å². The van der Waals surface area contributed by atoms with Gasteiger partial charge < -0.3 is 15.3 Å². The van der Waals surface area contributed by atoms with Gasteiger partial charge in [0, 0.05) is 36.1 Å². The summed E-state index contributed by atoms with van der Waals surface area (Å²) in [6.45, 7) is 4.73. The molecule has 1 aliphatic heterocycles. The van der Waals surface area contributed by atoms with Gasteiger partial charge in [0.05, 0.1) is 18.1 Å². The molecule has 132 valence electrons. The number of hydrogen-bond acceptors (Lipinski definition) is 6. The van der Waals surface area contributed by atoms with Crippen molar-refractivity contribution in [2.45, 2.75) is 25.8 Å². The molecule has 0 radical (unpaired) electrons. The number of carbonyl (C=O) groups is 1. The zero-order valence-electron chi connectivity index (χ0n) is 14.2. The quantitative estimate of drug-likeness (QED) is 0.741. The van der Waals surface area contributed by atoms with Crippen LogP contribution in [0, 0.1) is 0 Å². The molecule has 0 saturated carbocycles. The minimum atomic E-state index is -0.947. The summed E-state index contributed by atoms with van der Waals surface area (Å²) in [7, 11) is 0. The summed E-state index contributed by atoms with van der Waals surface area (Å²) in [6, 6.07) is 4.66. The van der Waals surface area contributed by atoms with E-state index in [1.807, 2.05) is 11.3 Å². The Morgan fingerprint density at radius 2 is 2.36 bits per heavy atom. The van der Waals surface area contributed by atoms with Gasteiger partial charge in [0.15, 0.2) is 0 Å². The van der Waals surface area contributed by atoms with Crippen molar-refractivity contribution in [1.82, 2.24) is 14.9 Å². The lowest BCUT2D eigenvalue weighted by Gasteiger charge is -2.16. The van der Waals surface area contributed by atoms with Gasteiger partial charge >= 0.3 is 5.97 Å². The largest absolute Gasteiger partial charge is 0.478 e. The van der Waals surface area contributed by atoms with Crippen molar-refractivity contribution in [3.8, 4) is 0 Å². The molecule has 0 aliphatic carbocycles. The number of thiophene rings is 1. The number of hydrogen-bond donors (Lipinski definition) is 2. The van der Waals surface area contributed by atoms with Crippen LogP contribution in [0.25, 0.3) is 6.08 Å². The molecule has 0 unspecified atom stereocenters. The average molecular weight is 358 g/mol. The van der Waals surface area contributed by atoms with E-state index >= 15 is 0 Å². The van der Waals surface area contributed by atoms with E-state index < -0.39 is 5.97 Å². The average Bonchev–Trinajstić information content (AvgIpc) is 3.26. The smallest absolute Gasteiger partial charge is 0.331 e. The van der Waals surface area contributed by atoms with Gasteiger partial charge in [-0.2, -0.15) is 0 Å². The molecule has 3 heterocycles. The van der Waals surface area contributed by atoms with E-state index in [9.17, 15) is 4.79 Å². The number of likely N-dealkylation sites (tertiary alicyclic amines) is 1. The molecule has 1 atom stereocenters. The molecule has 2 N–H and O–H groups in total. The first-order valence-corrected chi connectivity index (χ1v) is 9.23. The lowest BCUT2D eigenvalue weighted by Crippen LogP contribution is -2.28. The molecule has 2 aromatic rings. The third-order valence-corrected chi connectivity index (χ3v) is 5.19. The topological polar surface area (TPSA) is 78.4 Å². The number of nitrogens with zero attached hydrogens (tertiary/aromatic N) is 3. The van der Waals surface area contributed by atoms with E-state index in [-0.39, 0.29) is 5.57 Å². The summed E-state index contributed by atoms with van der Waals surface area (Å²) in [5.41, 5.74) is 0.793. The molecule has 1 saturated heterocycles. The van der Waals surface area contributed by atoms with Crippen LogP contribution < -0.4 is 5.32 Å². The van der Waals surface area contributed by atoms with Crippen LogP contribution in [0.4, 0.5) is 5.82 Å². The molecule has 25 heavy (non-hydrogen) atoms. The van der Waals surface area contributed by atoms with Crippen molar-refractivity contribution in [1.29, 1.82) is 0 Å². The van der Waals surface area contributed by atoms with Crippen molar-refractivity contribution >= 4 is 29.2 Å². The highest BCUT2D eigenvalue weighted by Crippen LogP contribution is 2.16. The molecular formula is C18H22N4O2S. The van der Waals surface area contributed by atoms with Crippen molar-refractivity contribution in [2.75, 3.05) is 25.0 Å². The van der Waals surface area contributed by atoms with E-state index in [2.05, 4.69) is 37.7 Å². The van der Waals surface area contributed by atoms with Crippen LogP contribution in [0.5, 0.6) is 0 Å². The van der Waals surface area contributed by atoms with Crippen LogP contribution >= 0.6 is 11.3 Å². The van der Waals surface area contributed by atoms with E-state index in [1.165, 1.54) is 11.0 Å². The zero-order chi connectivity index (χ0) is 17.6. The molecule has 0 amide bonds. The predicted octanol–water partition coefficient (Wildman–Crippen LogP) is 2.75. The molecule has 0 spiro atoms. The Balaban J connectivity index is 1.48. The predicted molar refractivity (Wildman–Crippen MR) is 99.8 cm³/mol. The van der Waals surface area contributed by atoms with Gasteiger partial charge in [0.1, 0.15) is 5.82 Å². The highest BCUT2D eigenvalue weighted by molar-refractivity contribution is 7.09. The van der Waals surface area contributed by atoms with Gasteiger partial charge in [-0.1, -0.05) is 6.07 Å². The number of rotatable bonds is 7. The first kappa shape index (κ1) is 17.6. The van der Waals surface area contributed by atoms with Crippen LogP contribution in [-0.2, 0) is 11.2 Å². The van der Waals surface area contributed by atoms with Gasteiger partial charge in [0.25, 0.3) is 0 Å². The number of aromatic nitrogens is 2. The summed E-state index contributed by atoms with van der Waals surface area (Å²) < 4.78 is 0. The number of carboxylic acid groups (broad SMARTS) is 1. The van der Waals surface area contributed by atoms with E-state index in [1.54, 1.807) is 19.3 Å². The van der Waals surface area contributed by atoms with Crippen molar-refractivity contribution in [3.05, 3.63) is 46.1 Å². The number of carboxylic acids is 1. The summed E-state index contributed by atoms with van der Waals surface area (Å²) in [4.78, 5) is 23.3. The molecule has 1 aliphatic rings. The SMILES string of the molecule is C/C(=C\c1cnc(N[C@@H]2CCN(CCc3cccs3)C2)cn1)C(=O)O. The Labute approximate surface area is 151 Å². The van der Waals surface area contributed by atoms with Gasteiger partial charge in [0.2, 0.25) is 0 Å². The van der Waals surface area contributed by atoms with Gasteiger partial charge in [-0.05, 0) is 37.3 Å². The second kappa shape index (κ2) is 8.22. The van der Waals surface area contributed by atoms with Crippen LogP contribution in [0.3, 0.4) is 0 Å². The normalized spacial score (nSPS) is 18.4. The Bertz CT molecular complexity index is 728. The molecule has 1 fully saturated rings. The van der Waals surface area contributed by atoms with Crippen molar-refractivity contribution in [3.63, 3.8) is 0 Å².